The minimum absolute atomic E-state index is 0.133. The molecule has 7 nitrogen and oxygen atoms in total. The molecule has 0 atom stereocenters. The maximum atomic E-state index is 13.8. The van der Waals surface area contributed by atoms with Crippen molar-refractivity contribution in [3.8, 4) is 16.9 Å². The number of aryl methyl sites for hydroxylation is 1. The number of carbonyl (C=O) groups excluding carboxylic acids is 2. The molecule has 0 bridgehead atoms. The molecule has 5 rings (SSSR count). The highest BCUT2D eigenvalue weighted by Gasteiger charge is 2.30. The molecule has 188 valence electrons. The summed E-state index contributed by atoms with van der Waals surface area (Å²) >= 11 is 3.45. The lowest BCUT2D eigenvalue weighted by atomic mass is 9.91. The van der Waals surface area contributed by atoms with E-state index in [1.165, 1.54) is 6.07 Å². The first-order valence-corrected chi connectivity index (χ1v) is 12.7. The van der Waals surface area contributed by atoms with E-state index < -0.39 is 17.2 Å². The first kappa shape index (κ1) is 25.1. The van der Waals surface area contributed by atoms with Gasteiger partial charge in [-0.1, -0.05) is 52.3 Å². The summed E-state index contributed by atoms with van der Waals surface area (Å²) in [7, 11) is 0. The van der Waals surface area contributed by atoms with Gasteiger partial charge in [-0.05, 0) is 74.0 Å². The molecular weight excluding hydrogens is 544 g/mol. The highest BCUT2D eigenvalue weighted by Crippen LogP contribution is 2.33. The molecule has 0 unspecified atom stereocenters. The highest BCUT2D eigenvalue weighted by atomic mass is 79.9. The van der Waals surface area contributed by atoms with Crippen LogP contribution < -0.4 is 16.1 Å². The Morgan fingerprint density at radius 3 is 1.84 bits per heavy atom. The molecule has 8 heteroatoms. The maximum Gasteiger partial charge on any atom is 0.260 e. The molecule has 3 aromatic rings. The molecule has 1 aliphatic carbocycles. The van der Waals surface area contributed by atoms with Crippen molar-refractivity contribution in [2.75, 3.05) is 10.6 Å². The van der Waals surface area contributed by atoms with Gasteiger partial charge in [-0.15, -0.1) is 0 Å². The van der Waals surface area contributed by atoms with Crippen LogP contribution in [0.4, 0.5) is 11.4 Å². The number of carbonyl (C=O) groups is 2. The van der Waals surface area contributed by atoms with Crippen LogP contribution in [0.2, 0.25) is 0 Å². The monoisotopic (exact) mass is 566 g/mol. The van der Waals surface area contributed by atoms with E-state index in [0.717, 1.165) is 10.2 Å². The quantitative estimate of drug-likeness (QED) is 0.264. The van der Waals surface area contributed by atoms with E-state index >= 15 is 0 Å². The van der Waals surface area contributed by atoms with Gasteiger partial charge >= 0.3 is 0 Å². The van der Waals surface area contributed by atoms with Crippen molar-refractivity contribution in [3.05, 3.63) is 128 Å². The van der Waals surface area contributed by atoms with Crippen LogP contribution in [0.1, 0.15) is 32.0 Å². The number of hydrogen-bond acceptors (Lipinski definition) is 4. The fraction of sp³-hybridized carbons (Fsp3) is 0.0667. The lowest BCUT2D eigenvalue weighted by molar-refractivity contribution is 0.102. The number of rotatable bonds is 5. The van der Waals surface area contributed by atoms with E-state index in [-0.39, 0.29) is 16.7 Å². The fourth-order valence-corrected chi connectivity index (χ4v) is 4.64. The average molecular weight is 567 g/mol. The summed E-state index contributed by atoms with van der Waals surface area (Å²) in [6.45, 7) is 3.50. The molecule has 1 aliphatic heterocycles. The predicted molar refractivity (Wildman–Crippen MR) is 152 cm³/mol. The Morgan fingerprint density at radius 1 is 0.763 bits per heavy atom. The van der Waals surface area contributed by atoms with Gasteiger partial charge in [0.15, 0.2) is 5.43 Å². The van der Waals surface area contributed by atoms with Crippen LogP contribution in [0.25, 0.3) is 16.9 Å². The molecule has 2 aliphatic rings. The van der Waals surface area contributed by atoms with Gasteiger partial charge in [0.25, 0.3) is 11.8 Å². The molecule has 0 aromatic heterocycles. The number of anilines is 2. The Bertz CT molecular complexity index is 1680. The van der Waals surface area contributed by atoms with Crippen molar-refractivity contribution in [1.29, 1.82) is 0 Å². The lowest BCUT2D eigenvalue weighted by Crippen LogP contribution is -2.28. The zero-order valence-corrected chi connectivity index (χ0v) is 22.2. The Labute approximate surface area is 227 Å². The van der Waals surface area contributed by atoms with Crippen molar-refractivity contribution >= 4 is 39.1 Å². The number of aromatic nitrogens is 2. The number of fused-ring (bicyclic) bond motifs is 1. The molecule has 0 spiro atoms. The minimum Gasteiger partial charge on any atom is -0.322 e. The van der Waals surface area contributed by atoms with Crippen LogP contribution >= 0.6 is 15.9 Å². The number of nitrogens with one attached hydrogen (secondary N) is 2. The normalized spacial score (nSPS) is 10.8. The standard InChI is InChI=1S/C30H23BrN4O3/c1-18-17-24(36)26(30(38)33-22-11-7-4-8-12-22)27-25(29(37)32-21-9-5-3-6-10-21)19(2)35(34-28(18)27)23-15-13-20(31)14-16-23/h3-17H,1-2H3,(H,32,37)(H,33,38). The third-order valence-electron chi connectivity index (χ3n) is 6.17. The number of benzene rings is 4. The van der Waals surface area contributed by atoms with Crippen LogP contribution in [0.3, 0.4) is 0 Å². The van der Waals surface area contributed by atoms with Crippen LogP contribution in [0, 0.1) is 13.8 Å². The summed E-state index contributed by atoms with van der Waals surface area (Å²) in [6.07, 6.45) is 0. The molecule has 38 heavy (non-hydrogen) atoms. The molecule has 1 heterocycles. The molecule has 0 fully saturated rings. The molecule has 0 saturated heterocycles. The predicted octanol–water partition coefficient (Wildman–Crippen LogP) is 6.22. The van der Waals surface area contributed by atoms with Crippen molar-refractivity contribution < 1.29 is 9.59 Å². The van der Waals surface area contributed by atoms with Crippen molar-refractivity contribution in [2.24, 2.45) is 0 Å². The van der Waals surface area contributed by atoms with Crippen LogP contribution in [-0.2, 0) is 0 Å². The van der Waals surface area contributed by atoms with E-state index in [1.807, 2.05) is 48.5 Å². The molecule has 0 radical (unpaired) electrons. The summed E-state index contributed by atoms with van der Waals surface area (Å²) < 4.78 is 2.56. The number of para-hydroxylation sites is 2. The summed E-state index contributed by atoms with van der Waals surface area (Å²) in [5.41, 5.74) is 3.05. The van der Waals surface area contributed by atoms with E-state index in [2.05, 4.69) is 26.6 Å². The minimum atomic E-state index is -0.609. The summed E-state index contributed by atoms with van der Waals surface area (Å²) in [6, 6.07) is 26.8. The largest absolute Gasteiger partial charge is 0.322 e. The highest BCUT2D eigenvalue weighted by molar-refractivity contribution is 9.10. The van der Waals surface area contributed by atoms with Crippen LogP contribution in [0.15, 0.2) is 100 Å². The summed E-state index contributed by atoms with van der Waals surface area (Å²) in [5, 5.41) is 10.5. The zero-order valence-electron chi connectivity index (χ0n) is 20.7. The van der Waals surface area contributed by atoms with Gasteiger partial charge in [-0.25, -0.2) is 4.68 Å². The van der Waals surface area contributed by atoms with Gasteiger partial charge in [-0.3, -0.25) is 14.4 Å². The van der Waals surface area contributed by atoms with Gasteiger partial charge in [0.2, 0.25) is 0 Å². The number of halogens is 1. The van der Waals surface area contributed by atoms with E-state index in [9.17, 15) is 14.4 Å². The Hall–Kier alpha value is -4.56. The summed E-state index contributed by atoms with van der Waals surface area (Å²) in [4.78, 5) is 40.7. The zero-order chi connectivity index (χ0) is 26.8. The van der Waals surface area contributed by atoms with Gasteiger partial charge < -0.3 is 10.6 Å². The van der Waals surface area contributed by atoms with E-state index in [1.54, 1.807) is 54.9 Å². The van der Waals surface area contributed by atoms with Gasteiger partial charge in [-0.2, -0.15) is 5.10 Å². The van der Waals surface area contributed by atoms with Crippen molar-refractivity contribution in [3.63, 3.8) is 0 Å². The topological polar surface area (TPSA) is 93.1 Å². The summed E-state index contributed by atoms with van der Waals surface area (Å²) in [5.74, 6) is -1.06. The second kappa shape index (κ2) is 10.4. The second-order valence-corrected chi connectivity index (χ2v) is 9.69. The number of hydrogen-bond donors (Lipinski definition) is 2. The number of amides is 2. The molecule has 2 amide bonds. The van der Waals surface area contributed by atoms with Crippen molar-refractivity contribution in [2.45, 2.75) is 13.8 Å². The molecular formula is C30H23BrN4O3. The van der Waals surface area contributed by atoms with E-state index in [0.29, 0.717) is 28.3 Å². The Balaban J connectivity index is 1.78. The SMILES string of the molecule is Cc1cc(=O)c(C(=O)Nc2ccccc2)c2c(C(=O)Nc3ccccc3)c(C)n(-c3ccc(Br)cc3)nc1-2. The molecule has 3 aromatic carbocycles. The first-order chi connectivity index (χ1) is 18.3. The van der Waals surface area contributed by atoms with Crippen LogP contribution in [-0.4, -0.2) is 21.6 Å². The van der Waals surface area contributed by atoms with Gasteiger partial charge in [0.05, 0.1) is 28.2 Å². The second-order valence-electron chi connectivity index (χ2n) is 8.78. The number of nitrogens with zero attached hydrogens (tertiary/aromatic N) is 2. The van der Waals surface area contributed by atoms with E-state index in [4.69, 9.17) is 5.10 Å². The van der Waals surface area contributed by atoms with Gasteiger partial charge in [0, 0.05) is 21.4 Å². The van der Waals surface area contributed by atoms with Gasteiger partial charge in [0.1, 0.15) is 0 Å². The Kier molecular flexibility index (Phi) is 6.89. The lowest BCUT2D eigenvalue weighted by Gasteiger charge is -2.23. The van der Waals surface area contributed by atoms with Crippen LogP contribution in [0.5, 0.6) is 0 Å². The third-order valence-corrected chi connectivity index (χ3v) is 6.70. The Morgan fingerprint density at radius 2 is 1.29 bits per heavy atom. The third kappa shape index (κ3) is 4.86. The first-order valence-electron chi connectivity index (χ1n) is 11.9. The molecule has 2 N–H and O–H groups in total. The average Bonchev–Trinajstić information content (AvgIpc) is 2.90. The maximum absolute atomic E-state index is 13.8. The van der Waals surface area contributed by atoms with Crippen molar-refractivity contribution in [1.82, 2.24) is 9.78 Å². The molecule has 0 saturated carbocycles. The fourth-order valence-electron chi connectivity index (χ4n) is 4.38. The smallest absolute Gasteiger partial charge is 0.260 e.